The topological polar surface area (TPSA) is 83.5 Å². The number of carboxylic acids is 1. The summed E-state index contributed by atoms with van der Waals surface area (Å²) in [5.41, 5.74) is 8.98. The predicted molar refractivity (Wildman–Crippen MR) is 115 cm³/mol. The molecule has 3 fully saturated rings. The molecule has 0 aromatic rings. The van der Waals surface area contributed by atoms with Crippen LogP contribution in [0.4, 0.5) is 0 Å². The highest BCUT2D eigenvalue weighted by molar-refractivity contribution is 5.66. The van der Waals surface area contributed by atoms with Gasteiger partial charge >= 0.3 is 5.97 Å². The number of hydrogen-bond donors (Lipinski definition) is 3. The number of aliphatic carboxylic acids is 1. The number of rotatable bonds is 4. The van der Waals surface area contributed by atoms with Crippen molar-refractivity contribution < 1.29 is 15.0 Å². The quantitative estimate of drug-likeness (QED) is 0.583. The van der Waals surface area contributed by atoms with Gasteiger partial charge in [-0.3, -0.25) is 4.79 Å². The summed E-state index contributed by atoms with van der Waals surface area (Å²) in [6.07, 6.45) is 11.6. The monoisotopic (exact) mass is 403 g/mol. The largest absolute Gasteiger partial charge is 0.481 e. The van der Waals surface area contributed by atoms with Gasteiger partial charge in [-0.05, 0) is 86.4 Å². The Hall–Kier alpha value is -0.870. The van der Waals surface area contributed by atoms with Crippen molar-refractivity contribution in [3.05, 3.63) is 11.6 Å². The average Bonchev–Trinajstić information content (AvgIpc) is 3.02. The van der Waals surface area contributed by atoms with E-state index in [0.717, 1.165) is 44.9 Å². The molecular formula is C25H41NO3. The third-order valence-electron chi connectivity index (χ3n) is 10.7. The molecule has 4 aliphatic rings. The van der Waals surface area contributed by atoms with E-state index < -0.39 is 5.97 Å². The van der Waals surface area contributed by atoms with Crippen LogP contribution in [0.15, 0.2) is 11.6 Å². The highest BCUT2D eigenvalue weighted by Crippen LogP contribution is 2.72. The molecule has 164 valence electrons. The summed E-state index contributed by atoms with van der Waals surface area (Å²) >= 11 is 0. The van der Waals surface area contributed by atoms with Crippen LogP contribution in [0, 0.1) is 34.0 Å². The van der Waals surface area contributed by atoms with E-state index in [9.17, 15) is 9.90 Å². The van der Waals surface area contributed by atoms with E-state index in [4.69, 9.17) is 10.8 Å². The van der Waals surface area contributed by atoms with E-state index in [1.165, 1.54) is 18.4 Å². The van der Waals surface area contributed by atoms with Crippen molar-refractivity contribution in [1.82, 2.24) is 0 Å². The summed E-state index contributed by atoms with van der Waals surface area (Å²) in [5.74, 6) is 0.961. The number of fused-ring (bicyclic) bond motifs is 5. The Morgan fingerprint density at radius 2 is 1.93 bits per heavy atom. The molecule has 0 amide bonds. The molecule has 4 N–H and O–H groups in total. The molecule has 0 aromatic carbocycles. The summed E-state index contributed by atoms with van der Waals surface area (Å²) in [6, 6.07) is 0. The lowest BCUT2D eigenvalue weighted by molar-refractivity contribution is -0.138. The minimum atomic E-state index is -0.675. The first-order valence-corrected chi connectivity index (χ1v) is 11.9. The minimum absolute atomic E-state index is 0.00638. The van der Waals surface area contributed by atoms with Crippen molar-refractivity contribution in [2.24, 2.45) is 39.7 Å². The zero-order chi connectivity index (χ0) is 21.2. The van der Waals surface area contributed by atoms with Gasteiger partial charge in [0.2, 0.25) is 0 Å². The van der Waals surface area contributed by atoms with Gasteiger partial charge in [-0.1, -0.05) is 39.3 Å². The SMILES string of the molecule is C[C@H](CCC(=O)O)[C@H]1CC[C@@H]2C1(C)CC[C@]1(N)C3(C)CC[C@H](O)CC3=CCC21C. The molecule has 3 unspecified atom stereocenters. The van der Waals surface area contributed by atoms with Crippen LogP contribution in [-0.2, 0) is 4.79 Å². The Labute approximate surface area is 176 Å². The number of allylic oxidation sites excluding steroid dienone is 1. The van der Waals surface area contributed by atoms with E-state index in [1.807, 2.05) is 0 Å². The third kappa shape index (κ3) is 2.81. The average molecular weight is 404 g/mol. The zero-order valence-corrected chi connectivity index (χ0v) is 18.8. The van der Waals surface area contributed by atoms with Crippen LogP contribution in [0.3, 0.4) is 0 Å². The Morgan fingerprint density at radius 1 is 1.21 bits per heavy atom. The zero-order valence-electron chi connectivity index (χ0n) is 18.8. The van der Waals surface area contributed by atoms with Gasteiger partial charge < -0.3 is 15.9 Å². The first-order chi connectivity index (χ1) is 13.5. The van der Waals surface area contributed by atoms with Crippen molar-refractivity contribution in [1.29, 1.82) is 0 Å². The fraction of sp³-hybridized carbons (Fsp3) is 0.880. The first-order valence-electron chi connectivity index (χ1n) is 11.9. The maximum atomic E-state index is 11.1. The molecule has 0 aromatic heterocycles. The summed E-state index contributed by atoms with van der Waals surface area (Å²) < 4.78 is 0. The summed E-state index contributed by atoms with van der Waals surface area (Å²) in [7, 11) is 0. The van der Waals surface area contributed by atoms with Crippen LogP contribution >= 0.6 is 0 Å². The molecule has 0 saturated heterocycles. The summed E-state index contributed by atoms with van der Waals surface area (Å²) in [5, 5.41) is 19.4. The highest BCUT2D eigenvalue weighted by Gasteiger charge is 2.69. The van der Waals surface area contributed by atoms with Gasteiger partial charge in [0.15, 0.2) is 0 Å². The van der Waals surface area contributed by atoms with Crippen molar-refractivity contribution in [2.75, 3.05) is 0 Å². The lowest BCUT2D eigenvalue weighted by atomic mass is 9.38. The Bertz CT molecular complexity index is 719. The van der Waals surface area contributed by atoms with Crippen LogP contribution in [0.1, 0.15) is 91.9 Å². The van der Waals surface area contributed by atoms with Gasteiger partial charge in [0, 0.05) is 17.4 Å². The standard InChI is InChI=1S/C25H41NO3/c1-16(5-8-21(28)29)19-6-7-20-22(19,2)13-14-25(26)23(3)12-10-18(27)15-17(23)9-11-24(20,25)4/h9,16,18-20,27H,5-8,10-15,26H2,1-4H3,(H,28,29)/t16-,18+,19-,20-,22?,23?,24?,25+/m1/s1. The number of carbonyl (C=O) groups is 1. The normalized spacial score (nSPS) is 50.1. The highest BCUT2D eigenvalue weighted by atomic mass is 16.4. The van der Waals surface area contributed by atoms with Crippen molar-refractivity contribution in [3.63, 3.8) is 0 Å². The molecule has 0 spiro atoms. The number of hydrogen-bond acceptors (Lipinski definition) is 3. The Morgan fingerprint density at radius 3 is 2.62 bits per heavy atom. The number of aliphatic hydroxyl groups excluding tert-OH is 1. The van der Waals surface area contributed by atoms with Gasteiger partial charge in [0.05, 0.1) is 6.10 Å². The fourth-order valence-electron chi connectivity index (χ4n) is 8.80. The second-order valence-electron chi connectivity index (χ2n) is 11.7. The van der Waals surface area contributed by atoms with Crippen LogP contribution in [0.5, 0.6) is 0 Å². The third-order valence-corrected chi connectivity index (χ3v) is 10.7. The molecule has 0 bridgehead atoms. The molecule has 4 rings (SSSR count). The van der Waals surface area contributed by atoms with E-state index in [1.54, 1.807) is 0 Å². The predicted octanol–water partition coefficient (Wildman–Crippen LogP) is 4.90. The molecule has 0 radical (unpaired) electrons. The van der Waals surface area contributed by atoms with Gasteiger partial charge in [0.1, 0.15) is 0 Å². The van der Waals surface area contributed by atoms with Gasteiger partial charge in [0.25, 0.3) is 0 Å². The molecule has 0 aliphatic heterocycles. The van der Waals surface area contributed by atoms with E-state index in [-0.39, 0.29) is 34.3 Å². The van der Waals surface area contributed by atoms with Gasteiger partial charge in [-0.15, -0.1) is 0 Å². The molecule has 29 heavy (non-hydrogen) atoms. The molecule has 0 heterocycles. The van der Waals surface area contributed by atoms with Crippen LogP contribution in [0.2, 0.25) is 0 Å². The lowest BCUT2D eigenvalue weighted by Crippen LogP contribution is -2.72. The first kappa shape index (κ1) is 21.4. The molecule has 4 nitrogen and oxygen atoms in total. The molecule has 4 heteroatoms. The second kappa shape index (κ2) is 6.82. The summed E-state index contributed by atoms with van der Waals surface area (Å²) in [6.45, 7) is 9.61. The Kier molecular flexibility index (Phi) is 5.02. The number of nitrogens with two attached hydrogens (primary N) is 1. The van der Waals surface area contributed by atoms with Gasteiger partial charge in [-0.25, -0.2) is 0 Å². The second-order valence-corrected chi connectivity index (χ2v) is 11.7. The molecule has 3 saturated carbocycles. The van der Waals surface area contributed by atoms with Crippen LogP contribution < -0.4 is 5.73 Å². The minimum Gasteiger partial charge on any atom is -0.481 e. The maximum Gasteiger partial charge on any atom is 0.303 e. The Balaban J connectivity index is 1.66. The van der Waals surface area contributed by atoms with E-state index in [2.05, 4.69) is 33.8 Å². The fourth-order valence-corrected chi connectivity index (χ4v) is 8.80. The lowest BCUT2D eigenvalue weighted by Gasteiger charge is -2.69. The molecular weight excluding hydrogens is 362 g/mol. The molecule has 8 atom stereocenters. The maximum absolute atomic E-state index is 11.1. The van der Waals surface area contributed by atoms with E-state index >= 15 is 0 Å². The van der Waals surface area contributed by atoms with E-state index in [0.29, 0.717) is 17.8 Å². The van der Waals surface area contributed by atoms with Crippen LogP contribution in [0.25, 0.3) is 0 Å². The molecule has 4 aliphatic carbocycles. The van der Waals surface area contributed by atoms with Crippen molar-refractivity contribution >= 4 is 5.97 Å². The summed E-state index contributed by atoms with van der Waals surface area (Å²) in [4.78, 5) is 11.1. The smallest absolute Gasteiger partial charge is 0.303 e. The number of aliphatic hydroxyl groups is 1. The van der Waals surface area contributed by atoms with Crippen LogP contribution in [-0.4, -0.2) is 27.8 Å². The van der Waals surface area contributed by atoms with Crippen molar-refractivity contribution in [3.8, 4) is 0 Å². The van der Waals surface area contributed by atoms with Gasteiger partial charge in [-0.2, -0.15) is 0 Å². The number of carboxylic acid groups (broad SMARTS) is 1. The van der Waals surface area contributed by atoms with Crippen molar-refractivity contribution in [2.45, 2.75) is 104 Å².